The molecule has 0 radical (unpaired) electrons. The summed E-state index contributed by atoms with van der Waals surface area (Å²) in [6, 6.07) is 0. The van der Waals surface area contributed by atoms with Crippen molar-refractivity contribution in [3.8, 4) is 0 Å². The molecule has 0 saturated heterocycles. The zero-order chi connectivity index (χ0) is 8.36. The first-order valence-corrected chi connectivity index (χ1v) is 5.73. The fourth-order valence-electron chi connectivity index (χ4n) is 0.359. The topological polar surface area (TPSA) is 20.3 Å². The minimum absolute atomic E-state index is 0.745. The Balaban J connectivity index is 4.33. The van der Waals surface area contributed by atoms with Gasteiger partial charge in [0.25, 0.3) is 0 Å². The molecule has 0 aromatic heterocycles. The standard InChI is InChI=1S/C6H13NOS2/c1-7(2)6(9)5-10(3,4)8/h5H,1-4H3/p+1. The molecule has 0 spiro atoms. The number of hydrogen-bond acceptors (Lipinski definition) is 3. The maximum absolute atomic E-state index is 11.1. The van der Waals surface area contributed by atoms with Gasteiger partial charge in [0.1, 0.15) is 27.5 Å². The maximum atomic E-state index is 11.1. The Hall–Kier alpha value is 0.0400. The van der Waals surface area contributed by atoms with Crippen LogP contribution in [-0.2, 0) is 14.1 Å². The third-order valence-corrected chi connectivity index (χ3v) is 2.34. The van der Waals surface area contributed by atoms with Gasteiger partial charge < -0.3 is 4.90 Å². The lowest BCUT2D eigenvalue weighted by Gasteiger charge is -2.09. The fourth-order valence-corrected chi connectivity index (χ4v) is 1.84. The second kappa shape index (κ2) is 3.44. The van der Waals surface area contributed by atoms with Crippen LogP contribution in [-0.4, -0.2) is 31.5 Å². The summed E-state index contributed by atoms with van der Waals surface area (Å²) in [5.74, 6) is 0. The predicted molar refractivity (Wildman–Crippen MR) is 50.7 cm³/mol. The summed E-state index contributed by atoms with van der Waals surface area (Å²) in [5.41, 5.74) is 0. The Labute approximate surface area is 69.1 Å². The summed E-state index contributed by atoms with van der Waals surface area (Å²) in [6.07, 6.45) is 3.37. The van der Waals surface area contributed by atoms with Crippen molar-refractivity contribution in [1.29, 1.82) is 0 Å². The molecule has 10 heavy (non-hydrogen) atoms. The summed E-state index contributed by atoms with van der Waals surface area (Å²) in [7, 11) is 1.93. The number of thiol groups is 1. The van der Waals surface area contributed by atoms with Gasteiger partial charge in [-0.15, -0.1) is 16.8 Å². The van der Waals surface area contributed by atoms with Crippen LogP contribution in [0.1, 0.15) is 0 Å². The van der Waals surface area contributed by atoms with Crippen LogP contribution in [0.2, 0.25) is 0 Å². The monoisotopic (exact) mass is 180 g/mol. The molecule has 0 aliphatic heterocycles. The fraction of sp³-hybridized carbons (Fsp3) is 0.667. The second-order valence-electron chi connectivity index (χ2n) is 2.68. The molecule has 4 heteroatoms. The second-order valence-corrected chi connectivity index (χ2v) is 5.99. The molecule has 0 heterocycles. The highest BCUT2D eigenvalue weighted by atomic mass is 32.2. The SMILES string of the molecule is CN(C)/C(S)=C/[S+](C)(C)=O. The van der Waals surface area contributed by atoms with E-state index in [1.165, 1.54) is 0 Å². The lowest BCUT2D eigenvalue weighted by atomic mass is 10.8. The van der Waals surface area contributed by atoms with Crippen LogP contribution < -0.4 is 0 Å². The van der Waals surface area contributed by atoms with Crippen LogP contribution in [0.5, 0.6) is 0 Å². The Kier molecular flexibility index (Phi) is 3.45. The van der Waals surface area contributed by atoms with E-state index in [0.29, 0.717) is 0 Å². The zero-order valence-electron chi connectivity index (χ0n) is 6.79. The van der Waals surface area contributed by atoms with E-state index in [-0.39, 0.29) is 0 Å². The summed E-state index contributed by atoms with van der Waals surface area (Å²) in [4.78, 5) is 1.82. The van der Waals surface area contributed by atoms with E-state index in [1.54, 1.807) is 17.9 Å². The van der Waals surface area contributed by atoms with Crippen LogP contribution in [0, 0.1) is 0 Å². The largest absolute Gasteiger partial charge is 0.369 e. The molecule has 0 rings (SSSR count). The normalized spacial score (nSPS) is 13.5. The van der Waals surface area contributed by atoms with Gasteiger partial charge in [-0.2, -0.15) is 0 Å². The molecule has 0 aromatic rings. The summed E-state index contributed by atoms with van der Waals surface area (Å²) < 4.78 is 11.1. The molecule has 0 saturated carbocycles. The molecule has 60 valence electrons. The third kappa shape index (κ3) is 4.88. The van der Waals surface area contributed by atoms with Crippen molar-refractivity contribution in [2.45, 2.75) is 0 Å². The van der Waals surface area contributed by atoms with Gasteiger partial charge in [-0.1, -0.05) is 0 Å². The molecule has 2 nitrogen and oxygen atoms in total. The molecule has 0 aromatic carbocycles. The molecule has 0 fully saturated rings. The Bertz CT molecular complexity index is 180. The van der Waals surface area contributed by atoms with Crippen molar-refractivity contribution in [3.05, 3.63) is 10.4 Å². The Morgan fingerprint density at radius 1 is 1.50 bits per heavy atom. The predicted octanol–water partition coefficient (Wildman–Crippen LogP) is 1.04. The van der Waals surface area contributed by atoms with E-state index < -0.39 is 9.93 Å². The average Bonchev–Trinajstić information content (AvgIpc) is 1.60. The molecular formula is C6H14NOS2+. The van der Waals surface area contributed by atoms with Crippen molar-refractivity contribution in [2.75, 3.05) is 26.6 Å². The van der Waals surface area contributed by atoms with Crippen molar-refractivity contribution in [3.63, 3.8) is 0 Å². The molecule has 0 atom stereocenters. The van der Waals surface area contributed by atoms with E-state index in [1.807, 2.05) is 19.0 Å². The van der Waals surface area contributed by atoms with Gasteiger partial charge in [0.05, 0.1) is 0 Å². The molecule has 0 amide bonds. The highest BCUT2D eigenvalue weighted by Crippen LogP contribution is 2.08. The van der Waals surface area contributed by atoms with E-state index in [9.17, 15) is 4.21 Å². The van der Waals surface area contributed by atoms with Crippen molar-refractivity contribution < 1.29 is 4.21 Å². The first-order valence-electron chi connectivity index (χ1n) is 2.85. The number of hydrogen-bond donors (Lipinski definition) is 1. The van der Waals surface area contributed by atoms with E-state index in [0.717, 1.165) is 5.03 Å². The maximum Gasteiger partial charge on any atom is 0.151 e. The summed E-state index contributed by atoms with van der Waals surface area (Å²) in [5, 5.41) is 2.41. The van der Waals surface area contributed by atoms with E-state index in [4.69, 9.17) is 0 Å². The van der Waals surface area contributed by atoms with Gasteiger partial charge in [0, 0.05) is 14.1 Å². The highest BCUT2D eigenvalue weighted by Gasteiger charge is 2.09. The lowest BCUT2D eigenvalue weighted by molar-refractivity contribution is 0.551. The smallest absolute Gasteiger partial charge is 0.151 e. The van der Waals surface area contributed by atoms with Crippen LogP contribution in [0.4, 0.5) is 0 Å². The van der Waals surface area contributed by atoms with Crippen LogP contribution in [0.25, 0.3) is 0 Å². The zero-order valence-corrected chi connectivity index (χ0v) is 8.50. The Morgan fingerprint density at radius 3 is 2.00 bits per heavy atom. The van der Waals surface area contributed by atoms with Crippen molar-refractivity contribution >= 4 is 22.6 Å². The molecular weight excluding hydrogens is 166 g/mol. The first kappa shape index (κ1) is 10.0. The van der Waals surface area contributed by atoms with Crippen LogP contribution in [0.15, 0.2) is 10.4 Å². The van der Waals surface area contributed by atoms with Gasteiger partial charge in [-0.05, 0) is 0 Å². The van der Waals surface area contributed by atoms with Crippen LogP contribution in [0.3, 0.4) is 0 Å². The first-order chi connectivity index (χ1) is 4.33. The van der Waals surface area contributed by atoms with Gasteiger partial charge in [0.15, 0.2) is 5.41 Å². The van der Waals surface area contributed by atoms with Crippen LogP contribution >= 0.6 is 12.6 Å². The molecule has 0 bridgehead atoms. The van der Waals surface area contributed by atoms with Gasteiger partial charge >= 0.3 is 0 Å². The quantitative estimate of drug-likeness (QED) is 0.506. The number of nitrogens with zero attached hydrogens (tertiary/aromatic N) is 1. The summed E-state index contributed by atoms with van der Waals surface area (Å²) >= 11 is 4.13. The molecule has 0 unspecified atom stereocenters. The molecule has 0 aliphatic carbocycles. The van der Waals surface area contributed by atoms with Gasteiger partial charge in [-0.3, -0.25) is 0 Å². The Morgan fingerprint density at radius 2 is 1.90 bits per heavy atom. The minimum atomic E-state index is -1.80. The molecule has 0 N–H and O–H groups in total. The van der Waals surface area contributed by atoms with Crippen molar-refractivity contribution in [1.82, 2.24) is 4.90 Å². The number of rotatable bonds is 2. The summed E-state index contributed by atoms with van der Waals surface area (Å²) in [6.45, 7) is 0. The van der Waals surface area contributed by atoms with Gasteiger partial charge in [0.2, 0.25) is 0 Å². The van der Waals surface area contributed by atoms with Gasteiger partial charge in [-0.25, -0.2) is 0 Å². The van der Waals surface area contributed by atoms with E-state index >= 15 is 0 Å². The van der Waals surface area contributed by atoms with Crippen molar-refractivity contribution in [2.24, 2.45) is 0 Å². The minimum Gasteiger partial charge on any atom is -0.369 e. The van der Waals surface area contributed by atoms with E-state index in [2.05, 4.69) is 12.6 Å². The molecule has 0 aliphatic rings. The highest BCUT2D eigenvalue weighted by molar-refractivity contribution is 8.04. The average molecular weight is 180 g/mol. The lowest BCUT2D eigenvalue weighted by Crippen LogP contribution is -2.10. The third-order valence-electron chi connectivity index (χ3n) is 0.847.